The van der Waals surface area contributed by atoms with E-state index in [1.54, 1.807) is 13.0 Å². The average Bonchev–Trinajstić information content (AvgIpc) is 2.56. The summed E-state index contributed by atoms with van der Waals surface area (Å²) < 4.78 is 32.6. The molecule has 0 saturated carbocycles. The topological polar surface area (TPSA) is 63.7 Å². The van der Waals surface area contributed by atoms with Crippen molar-refractivity contribution >= 4 is 16.0 Å². The number of carbonyl (C=O) groups excluding carboxylic acids is 1. The largest absolute Gasteiger partial charge is 0.466 e. The van der Waals surface area contributed by atoms with Gasteiger partial charge in [-0.1, -0.05) is 0 Å². The van der Waals surface area contributed by atoms with E-state index in [-0.39, 0.29) is 11.9 Å². The lowest BCUT2D eigenvalue weighted by Crippen LogP contribution is -2.40. The van der Waals surface area contributed by atoms with E-state index in [4.69, 9.17) is 4.74 Å². The Bertz CT molecular complexity index is 732. The fraction of sp³-hybridized carbons (Fsp3) is 0.611. The van der Waals surface area contributed by atoms with Gasteiger partial charge in [-0.2, -0.15) is 4.31 Å². The van der Waals surface area contributed by atoms with Gasteiger partial charge >= 0.3 is 5.97 Å². The molecule has 24 heavy (non-hydrogen) atoms. The molecular weight excluding hydrogens is 326 g/mol. The van der Waals surface area contributed by atoms with Gasteiger partial charge in [0, 0.05) is 13.1 Å². The molecule has 0 aliphatic carbocycles. The van der Waals surface area contributed by atoms with E-state index in [0.29, 0.717) is 37.4 Å². The third-order valence-electron chi connectivity index (χ3n) is 5.13. The second kappa shape index (κ2) is 7.23. The summed E-state index contributed by atoms with van der Waals surface area (Å²) in [6.07, 6.45) is 1.03. The maximum Gasteiger partial charge on any atom is 0.309 e. The van der Waals surface area contributed by atoms with Crippen LogP contribution in [0.1, 0.15) is 42.0 Å². The lowest BCUT2D eigenvalue weighted by Gasteiger charge is -2.31. The van der Waals surface area contributed by atoms with Crippen molar-refractivity contribution < 1.29 is 17.9 Å². The molecule has 0 N–H and O–H groups in total. The van der Waals surface area contributed by atoms with Gasteiger partial charge in [0.2, 0.25) is 10.0 Å². The third kappa shape index (κ3) is 3.49. The molecule has 134 valence electrons. The minimum Gasteiger partial charge on any atom is -0.466 e. The number of nitrogens with zero attached hydrogens (tertiary/aromatic N) is 1. The Kier molecular flexibility index (Phi) is 5.71. The number of rotatable bonds is 4. The molecule has 2 rings (SSSR count). The molecule has 0 spiro atoms. The Hall–Kier alpha value is -1.40. The number of aryl methyl sites for hydroxylation is 1. The highest BCUT2D eigenvalue weighted by atomic mass is 32.2. The zero-order valence-electron chi connectivity index (χ0n) is 15.2. The summed E-state index contributed by atoms with van der Waals surface area (Å²) in [4.78, 5) is 12.2. The van der Waals surface area contributed by atoms with Gasteiger partial charge in [-0.05, 0) is 75.8 Å². The third-order valence-corrected chi connectivity index (χ3v) is 7.15. The predicted octanol–water partition coefficient (Wildman–Crippen LogP) is 2.88. The predicted molar refractivity (Wildman–Crippen MR) is 93.5 cm³/mol. The van der Waals surface area contributed by atoms with Gasteiger partial charge in [0.15, 0.2) is 0 Å². The van der Waals surface area contributed by atoms with Gasteiger partial charge < -0.3 is 4.74 Å². The molecule has 1 saturated heterocycles. The summed E-state index contributed by atoms with van der Waals surface area (Å²) >= 11 is 0. The van der Waals surface area contributed by atoms with Crippen molar-refractivity contribution in [2.75, 3.05) is 19.7 Å². The standard InChI is InChI=1S/C18H27NO4S/c1-6-23-18(20)16-7-9-19(10-8-16)24(21,22)17-11-12(2)13(3)14(4)15(17)5/h11,16H,6-10H2,1-5H3. The van der Waals surface area contributed by atoms with Gasteiger partial charge in [0.25, 0.3) is 0 Å². The van der Waals surface area contributed by atoms with E-state index >= 15 is 0 Å². The molecule has 1 aliphatic rings. The van der Waals surface area contributed by atoms with Crippen LogP contribution in [0.5, 0.6) is 0 Å². The van der Waals surface area contributed by atoms with Gasteiger partial charge in [0.1, 0.15) is 0 Å². The molecular formula is C18H27NO4S. The molecule has 0 unspecified atom stereocenters. The molecule has 5 nitrogen and oxygen atoms in total. The maximum absolute atomic E-state index is 13.0. The van der Waals surface area contributed by atoms with Crippen molar-refractivity contribution in [3.8, 4) is 0 Å². The van der Waals surface area contributed by atoms with Gasteiger partial charge in [-0.3, -0.25) is 4.79 Å². The number of hydrogen-bond acceptors (Lipinski definition) is 4. The first-order valence-electron chi connectivity index (χ1n) is 8.44. The number of sulfonamides is 1. The molecule has 0 aromatic heterocycles. The number of ether oxygens (including phenoxy) is 1. The summed E-state index contributed by atoms with van der Waals surface area (Å²) in [7, 11) is -3.53. The van der Waals surface area contributed by atoms with Crippen LogP contribution in [0.25, 0.3) is 0 Å². The lowest BCUT2D eigenvalue weighted by molar-refractivity contribution is -0.149. The Morgan fingerprint density at radius 3 is 2.25 bits per heavy atom. The smallest absolute Gasteiger partial charge is 0.309 e. The highest BCUT2D eigenvalue weighted by molar-refractivity contribution is 7.89. The molecule has 6 heteroatoms. The number of esters is 1. The number of piperidine rings is 1. The second-order valence-corrected chi connectivity index (χ2v) is 8.40. The van der Waals surface area contributed by atoms with E-state index in [1.165, 1.54) is 4.31 Å². The quantitative estimate of drug-likeness (QED) is 0.781. The minimum absolute atomic E-state index is 0.195. The van der Waals surface area contributed by atoms with Crippen molar-refractivity contribution in [3.63, 3.8) is 0 Å². The summed E-state index contributed by atoms with van der Waals surface area (Å²) in [6.45, 7) is 10.6. The molecule has 0 radical (unpaired) electrons. The zero-order chi connectivity index (χ0) is 18.1. The van der Waals surface area contributed by atoms with Crippen LogP contribution < -0.4 is 0 Å². The number of benzene rings is 1. The van der Waals surface area contributed by atoms with Gasteiger partial charge in [-0.25, -0.2) is 8.42 Å². The van der Waals surface area contributed by atoms with Crippen molar-refractivity contribution in [1.29, 1.82) is 0 Å². The first-order valence-corrected chi connectivity index (χ1v) is 9.88. The minimum atomic E-state index is -3.53. The van der Waals surface area contributed by atoms with Crippen molar-refractivity contribution in [1.82, 2.24) is 4.31 Å². The SMILES string of the molecule is CCOC(=O)C1CCN(S(=O)(=O)c2cc(C)c(C)c(C)c2C)CC1. The Labute approximate surface area is 145 Å². The van der Waals surface area contributed by atoms with Crippen LogP contribution in [0.2, 0.25) is 0 Å². The normalized spacial score (nSPS) is 17.0. The maximum atomic E-state index is 13.0. The highest BCUT2D eigenvalue weighted by Gasteiger charge is 2.33. The molecule has 0 amide bonds. The van der Waals surface area contributed by atoms with Gasteiger partial charge in [0.05, 0.1) is 17.4 Å². The molecule has 1 aromatic rings. The van der Waals surface area contributed by atoms with E-state index < -0.39 is 10.0 Å². The first-order chi connectivity index (χ1) is 11.2. The Morgan fingerprint density at radius 1 is 1.12 bits per heavy atom. The van der Waals surface area contributed by atoms with Crippen molar-refractivity contribution in [2.24, 2.45) is 5.92 Å². The zero-order valence-corrected chi connectivity index (χ0v) is 16.0. The van der Waals surface area contributed by atoms with Crippen LogP contribution in [0.3, 0.4) is 0 Å². The van der Waals surface area contributed by atoms with Crippen LogP contribution in [0.4, 0.5) is 0 Å². The van der Waals surface area contributed by atoms with Crippen LogP contribution >= 0.6 is 0 Å². The van der Waals surface area contributed by atoms with E-state index in [0.717, 1.165) is 22.3 Å². The van der Waals surface area contributed by atoms with Crippen molar-refractivity contribution in [3.05, 3.63) is 28.3 Å². The van der Waals surface area contributed by atoms with Crippen LogP contribution in [0, 0.1) is 33.6 Å². The van der Waals surface area contributed by atoms with Crippen LogP contribution in [0.15, 0.2) is 11.0 Å². The molecule has 0 atom stereocenters. The Balaban J connectivity index is 2.23. The average molecular weight is 353 g/mol. The van der Waals surface area contributed by atoms with Crippen LogP contribution in [-0.4, -0.2) is 38.4 Å². The summed E-state index contributed by atoms with van der Waals surface area (Å²) in [5, 5.41) is 0. The summed E-state index contributed by atoms with van der Waals surface area (Å²) in [6, 6.07) is 1.77. The lowest BCUT2D eigenvalue weighted by atomic mass is 9.98. The van der Waals surface area contributed by atoms with Crippen molar-refractivity contribution in [2.45, 2.75) is 52.4 Å². The second-order valence-electron chi connectivity index (χ2n) is 6.50. The van der Waals surface area contributed by atoms with E-state index in [2.05, 4.69) is 0 Å². The first kappa shape index (κ1) is 18.9. The fourth-order valence-electron chi connectivity index (χ4n) is 3.17. The molecule has 1 aromatic carbocycles. The molecule has 0 bridgehead atoms. The highest BCUT2D eigenvalue weighted by Crippen LogP contribution is 2.30. The van der Waals surface area contributed by atoms with E-state index in [1.807, 2.05) is 27.7 Å². The number of carbonyl (C=O) groups is 1. The summed E-state index contributed by atoms with van der Waals surface area (Å²) in [5.74, 6) is -0.410. The Morgan fingerprint density at radius 2 is 1.71 bits per heavy atom. The molecule has 1 aliphatic heterocycles. The summed E-state index contributed by atoms with van der Waals surface area (Å²) in [5.41, 5.74) is 3.95. The fourth-order valence-corrected chi connectivity index (χ4v) is 5.01. The molecule has 1 fully saturated rings. The monoisotopic (exact) mass is 353 g/mol. The van der Waals surface area contributed by atoms with E-state index in [9.17, 15) is 13.2 Å². The number of hydrogen-bond donors (Lipinski definition) is 0. The van der Waals surface area contributed by atoms with Gasteiger partial charge in [-0.15, -0.1) is 0 Å². The molecule has 1 heterocycles. The van der Waals surface area contributed by atoms with Crippen LogP contribution in [-0.2, 0) is 19.6 Å².